The van der Waals surface area contributed by atoms with Gasteiger partial charge in [0.2, 0.25) is 0 Å². The van der Waals surface area contributed by atoms with Crippen LogP contribution in [0.1, 0.15) is 58.9 Å². The zero-order chi connectivity index (χ0) is 24.9. The van der Waals surface area contributed by atoms with E-state index >= 15 is 0 Å². The van der Waals surface area contributed by atoms with E-state index in [0.717, 1.165) is 55.6 Å². The van der Waals surface area contributed by atoms with Gasteiger partial charge in [0.15, 0.2) is 0 Å². The number of benzene rings is 2. The van der Waals surface area contributed by atoms with Gasteiger partial charge in [-0.3, -0.25) is 0 Å². The molecule has 0 spiro atoms. The lowest BCUT2D eigenvalue weighted by Gasteiger charge is -2.28. The summed E-state index contributed by atoms with van der Waals surface area (Å²) < 4.78 is 5.04. The average molecular weight is 486 g/mol. The molecule has 0 aliphatic carbocycles. The van der Waals surface area contributed by atoms with Crippen LogP contribution < -0.4 is 15.5 Å². The minimum atomic E-state index is -0.387. The smallest absolute Gasteiger partial charge is 0.331 e. The SMILES string of the molecule is CCCCN(CCCC)c1ccc(/C(C)=C/C(=O)OCC)cc1NC(=O)Nc1ccccc1Cl. The Morgan fingerprint density at radius 1 is 0.971 bits per heavy atom. The van der Waals surface area contributed by atoms with Gasteiger partial charge in [-0.05, 0) is 62.1 Å². The Balaban J connectivity index is 2.40. The van der Waals surface area contributed by atoms with E-state index in [1.807, 2.05) is 37.3 Å². The fraction of sp³-hybridized carbons (Fsp3) is 0.407. The Bertz CT molecular complexity index is 983. The number of hydrogen-bond acceptors (Lipinski definition) is 4. The lowest BCUT2D eigenvalue weighted by Crippen LogP contribution is -2.28. The van der Waals surface area contributed by atoms with Crippen molar-refractivity contribution in [2.75, 3.05) is 35.2 Å². The van der Waals surface area contributed by atoms with Gasteiger partial charge in [-0.25, -0.2) is 9.59 Å². The Morgan fingerprint density at radius 3 is 2.24 bits per heavy atom. The summed E-state index contributed by atoms with van der Waals surface area (Å²) in [6.45, 7) is 10.1. The van der Waals surface area contributed by atoms with E-state index in [4.69, 9.17) is 16.3 Å². The molecular formula is C27H36ClN3O3. The molecule has 6 nitrogen and oxygen atoms in total. The molecule has 2 amide bonds. The van der Waals surface area contributed by atoms with Gasteiger partial charge in [0.05, 0.1) is 28.7 Å². The van der Waals surface area contributed by atoms with Gasteiger partial charge in [-0.2, -0.15) is 0 Å². The van der Waals surface area contributed by atoms with Crippen LogP contribution in [0.3, 0.4) is 0 Å². The van der Waals surface area contributed by atoms with Crippen molar-refractivity contribution in [3.8, 4) is 0 Å². The molecule has 0 fully saturated rings. The summed E-state index contributed by atoms with van der Waals surface area (Å²) in [6.07, 6.45) is 5.74. The Morgan fingerprint density at radius 2 is 1.62 bits per heavy atom. The molecule has 2 aromatic carbocycles. The number of allylic oxidation sites excluding steroid dienone is 1. The summed E-state index contributed by atoms with van der Waals surface area (Å²) in [6, 6.07) is 12.6. The number of halogens is 1. The second kappa shape index (κ2) is 14.3. The maximum absolute atomic E-state index is 12.9. The quantitative estimate of drug-likeness (QED) is 0.243. The number of anilines is 3. The largest absolute Gasteiger partial charge is 0.463 e. The van der Waals surface area contributed by atoms with Gasteiger partial charge >= 0.3 is 12.0 Å². The zero-order valence-corrected chi connectivity index (χ0v) is 21.4. The van der Waals surface area contributed by atoms with Crippen LogP contribution in [0, 0.1) is 0 Å². The van der Waals surface area contributed by atoms with Crippen LogP contribution >= 0.6 is 11.6 Å². The molecule has 0 radical (unpaired) electrons. The molecule has 0 saturated heterocycles. The summed E-state index contributed by atoms with van der Waals surface area (Å²) in [7, 11) is 0. The predicted molar refractivity (Wildman–Crippen MR) is 143 cm³/mol. The van der Waals surface area contributed by atoms with Gasteiger partial charge in [0, 0.05) is 19.2 Å². The highest BCUT2D eigenvalue weighted by Gasteiger charge is 2.15. The normalized spacial score (nSPS) is 11.1. The molecule has 184 valence electrons. The van der Waals surface area contributed by atoms with Gasteiger partial charge in [-0.1, -0.05) is 56.5 Å². The van der Waals surface area contributed by atoms with Crippen LogP contribution in [0.4, 0.5) is 21.9 Å². The van der Waals surface area contributed by atoms with Crippen molar-refractivity contribution in [3.63, 3.8) is 0 Å². The molecule has 0 aromatic heterocycles. The molecule has 0 aliphatic heterocycles. The van der Waals surface area contributed by atoms with Crippen LogP contribution in [0.25, 0.3) is 5.57 Å². The number of unbranched alkanes of at least 4 members (excludes halogenated alkanes) is 2. The topological polar surface area (TPSA) is 70.7 Å². The van der Waals surface area contributed by atoms with Crippen LogP contribution in [0.15, 0.2) is 48.5 Å². The second-order valence-electron chi connectivity index (χ2n) is 8.06. The molecule has 0 bridgehead atoms. The van der Waals surface area contributed by atoms with Crippen LogP contribution in [0.2, 0.25) is 5.02 Å². The third-order valence-electron chi connectivity index (χ3n) is 5.35. The van der Waals surface area contributed by atoms with Crippen molar-refractivity contribution in [1.29, 1.82) is 0 Å². The van der Waals surface area contributed by atoms with Gasteiger partial charge in [0.1, 0.15) is 0 Å². The van der Waals surface area contributed by atoms with E-state index in [-0.39, 0.29) is 12.0 Å². The first-order valence-electron chi connectivity index (χ1n) is 12.0. The van der Waals surface area contributed by atoms with E-state index in [1.54, 1.807) is 19.1 Å². The number of carbonyl (C=O) groups excluding carboxylic acids is 2. The molecule has 0 heterocycles. The van der Waals surface area contributed by atoms with Crippen molar-refractivity contribution in [3.05, 3.63) is 59.1 Å². The number of hydrogen-bond donors (Lipinski definition) is 2. The molecule has 0 unspecified atom stereocenters. The molecular weight excluding hydrogens is 450 g/mol. The highest BCUT2D eigenvalue weighted by molar-refractivity contribution is 6.33. The van der Waals surface area contributed by atoms with Crippen molar-refractivity contribution >= 4 is 46.2 Å². The summed E-state index contributed by atoms with van der Waals surface area (Å²) in [5, 5.41) is 6.28. The van der Waals surface area contributed by atoms with Gasteiger partial charge in [0.25, 0.3) is 0 Å². The first kappa shape index (κ1) is 27.3. The number of para-hydroxylation sites is 1. The highest BCUT2D eigenvalue weighted by atomic mass is 35.5. The molecule has 2 rings (SSSR count). The van der Waals surface area contributed by atoms with Gasteiger partial charge < -0.3 is 20.3 Å². The predicted octanol–water partition coefficient (Wildman–Crippen LogP) is 7.36. The van der Waals surface area contributed by atoms with E-state index in [9.17, 15) is 9.59 Å². The number of rotatable bonds is 12. The Hall–Kier alpha value is -2.99. The summed E-state index contributed by atoms with van der Waals surface area (Å²) in [5.74, 6) is -0.387. The van der Waals surface area contributed by atoms with Crippen molar-refractivity contribution < 1.29 is 14.3 Å². The number of nitrogens with one attached hydrogen (secondary N) is 2. The molecule has 7 heteroatoms. The van der Waals surface area contributed by atoms with Crippen LogP contribution in [0.5, 0.6) is 0 Å². The third kappa shape index (κ3) is 8.41. The number of amides is 2. The fourth-order valence-electron chi connectivity index (χ4n) is 3.49. The Labute approximate surface area is 208 Å². The maximum atomic E-state index is 12.9. The lowest BCUT2D eigenvalue weighted by atomic mass is 10.0. The molecule has 2 aromatic rings. The molecule has 0 atom stereocenters. The third-order valence-corrected chi connectivity index (χ3v) is 5.68. The number of esters is 1. The minimum absolute atomic E-state index is 0.320. The van der Waals surface area contributed by atoms with E-state index in [1.165, 1.54) is 6.08 Å². The van der Waals surface area contributed by atoms with Crippen molar-refractivity contribution in [2.45, 2.75) is 53.4 Å². The molecule has 0 saturated carbocycles. The average Bonchev–Trinajstić information content (AvgIpc) is 2.81. The van der Waals surface area contributed by atoms with E-state index in [0.29, 0.717) is 23.0 Å². The maximum Gasteiger partial charge on any atom is 0.331 e. The number of carbonyl (C=O) groups is 2. The van der Waals surface area contributed by atoms with Gasteiger partial charge in [-0.15, -0.1) is 0 Å². The zero-order valence-electron chi connectivity index (χ0n) is 20.6. The Kier molecular flexibility index (Phi) is 11.5. The van der Waals surface area contributed by atoms with Crippen LogP contribution in [-0.2, 0) is 9.53 Å². The first-order valence-corrected chi connectivity index (χ1v) is 12.3. The minimum Gasteiger partial charge on any atom is -0.463 e. The number of urea groups is 1. The molecule has 34 heavy (non-hydrogen) atoms. The second-order valence-corrected chi connectivity index (χ2v) is 8.47. The van der Waals surface area contributed by atoms with Crippen molar-refractivity contribution in [1.82, 2.24) is 0 Å². The fourth-order valence-corrected chi connectivity index (χ4v) is 3.67. The summed E-state index contributed by atoms with van der Waals surface area (Å²) in [5.41, 5.74) is 3.74. The monoisotopic (exact) mass is 485 g/mol. The number of nitrogens with zero attached hydrogens (tertiary/aromatic N) is 1. The molecule has 0 aliphatic rings. The standard InChI is InChI=1S/C27H36ClN3O3/c1-5-8-16-31(17-9-6-2)25-15-14-21(20(4)18-26(32)34-7-3)19-24(25)30-27(33)29-23-13-11-10-12-22(23)28/h10-15,18-19H,5-9,16-17H2,1-4H3,(H2,29,30,33)/b20-18+. The van der Waals surface area contributed by atoms with Crippen molar-refractivity contribution in [2.24, 2.45) is 0 Å². The molecule has 2 N–H and O–H groups in total. The summed E-state index contributed by atoms with van der Waals surface area (Å²) in [4.78, 5) is 27.1. The lowest BCUT2D eigenvalue weighted by molar-refractivity contribution is -0.137. The number of ether oxygens (including phenoxy) is 1. The van der Waals surface area contributed by atoms with E-state index in [2.05, 4.69) is 29.4 Å². The summed E-state index contributed by atoms with van der Waals surface area (Å²) >= 11 is 6.21. The van der Waals surface area contributed by atoms with E-state index < -0.39 is 0 Å². The van der Waals surface area contributed by atoms with Crippen LogP contribution in [-0.4, -0.2) is 31.7 Å². The highest BCUT2D eigenvalue weighted by Crippen LogP contribution is 2.31. The first-order chi connectivity index (χ1) is 16.4.